The summed E-state index contributed by atoms with van der Waals surface area (Å²) in [6.45, 7) is 7.71. The first-order chi connectivity index (χ1) is 10.9. The normalized spacial score (nSPS) is 11.4. The summed E-state index contributed by atoms with van der Waals surface area (Å²) in [6.07, 6.45) is 1.52. The summed E-state index contributed by atoms with van der Waals surface area (Å²) in [7, 11) is 1.60. The SMILES string of the molecule is COc1cc(-c2ncnn2C(C)C)cc2oc(=O)c(C)c(C)c12. The first kappa shape index (κ1) is 15.3. The van der Waals surface area contributed by atoms with Gasteiger partial charge in [-0.2, -0.15) is 5.10 Å². The van der Waals surface area contributed by atoms with Crippen LogP contribution in [0.1, 0.15) is 31.0 Å². The van der Waals surface area contributed by atoms with Crippen molar-refractivity contribution >= 4 is 11.0 Å². The number of fused-ring (bicyclic) bond motifs is 1. The van der Waals surface area contributed by atoms with E-state index in [1.54, 1.807) is 14.0 Å². The molecule has 6 nitrogen and oxygen atoms in total. The summed E-state index contributed by atoms with van der Waals surface area (Å²) in [6, 6.07) is 3.88. The summed E-state index contributed by atoms with van der Waals surface area (Å²) < 4.78 is 12.8. The topological polar surface area (TPSA) is 70.2 Å². The molecule has 23 heavy (non-hydrogen) atoms. The fourth-order valence-electron chi connectivity index (χ4n) is 2.68. The lowest BCUT2D eigenvalue weighted by Crippen LogP contribution is -2.07. The predicted molar refractivity (Wildman–Crippen MR) is 87.9 cm³/mol. The van der Waals surface area contributed by atoms with Crippen LogP contribution in [0.25, 0.3) is 22.4 Å². The summed E-state index contributed by atoms with van der Waals surface area (Å²) in [5.74, 6) is 1.36. The molecule has 0 aliphatic carbocycles. The lowest BCUT2D eigenvalue weighted by molar-refractivity contribution is 0.418. The minimum atomic E-state index is -0.334. The molecule has 3 rings (SSSR count). The van der Waals surface area contributed by atoms with Crippen molar-refractivity contribution < 1.29 is 9.15 Å². The Kier molecular flexibility index (Phi) is 3.67. The first-order valence-corrected chi connectivity index (χ1v) is 7.46. The molecule has 6 heteroatoms. The van der Waals surface area contributed by atoms with E-state index in [1.807, 2.05) is 37.6 Å². The largest absolute Gasteiger partial charge is 0.496 e. The van der Waals surface area contributed by atoms with Crippen LogP contribution in [0, 0.1) is 13.8 Å². The van der Waals surface area contributed by atoms with Gasteiger partial charge in [-0.15, -0.1) is 0 Å². The molecule has 2 heterocycles. The lowest BCUT2D eigenvalue weighted by atomic mass is 10.0. The minimum absolute atomic E-state index is 0.168. The number of nitrogens with zero attached hydrogens (tertiary/aromatic N) is 3. The monoisotopic (exact) mass is 313 g/mol. The Morgan fingerprint density at radius 1 is 1.22 bits per heavy atom. The second-order valence-corrected chi connectivity index (χ2v) is 5.81. The molecule has 0 spiro atoms. The highest BCUT2D eigenvalue weighted by Crippen LogP contribution is 2.34. The van der Waals surface area contributed by atoms with Gasteiger partial charge in [-0.05, 0) is 45.4 Å². The van der Waals surface area contributed by atoms with Crippen molar-refractivity contribution in [1.82, 2.24) is 14.8 Å². The Hall–Kier alpha value is -2.63. The van der Waals surface area contributed by atoms with Crippen molar-refractivity contribution in [2.45, 2.75) is 33.7 Å². The van der Waals surface area contributed by atoms with Gasteiger partial charge in [-0.1, -0.05) is 0 Å². The van der Waals surface area contributed by atoms with Crippen LogP contribution in [0.4, 0.5) is 0 Å². The van der Waals surface area contributed by atoms with Crippen LogP contribution in [0.2, 0.25) is 0 Å². The lowest BCUT2D eigenvalue weighted by Gasteiger charge is -2.13. The van der Waals surface area contributed by atoms with E-state index < -0.39 is 0 Å². The Morgan fingerprint density at radius 2 is 1.96 bits per heavy atom. The predicted octanol–water partition coefficient (Wildman–Crippen LogP) is 3.26. The van der Waals surface area contributed by atoms with Gasteiger partial charge in [-0.3, -0.25) is 0 Å². The molecule has 0 atom stereocenters. The van der Waals surface area contributed by atoms with E-state index in [0.717, 1.165) is 16.5 Å². The average Bonchev–Trinajstić information content (AvgIpc) is 3.01. The maximum atomic E-state index is 12.0. The molecule has 0 amide bonds. The fourth-order valence-corrected chi connectivity index (χ4v) is 2.68. The molecule has 3 aromatic rings. The fraction of sp³-hybridized carbons (Fsp3) is 0.353. The molecular formula is C17H19N3O3. The molecule has 0 aliphatic rings. The molecular weight excluding hydrogens is 294 g/mol. The maximum Gasteiger partial charge on any atom is 0.339 e. The molecule has 0 fully saturated rings. The smallest absolute Gasteiger partial charge is 0.339 e. The van der Waals surface area contributed by atoms with Crippen molar-refractivity contribution in [3.8, 4) is 17.1 Å². The average molecular weight is 313 g/mol. The molecule has 0 saturated heterocycles. The number of hydrogen-bond donors (Lipinski definition) is 0. The highest BCUT2D eigenvalue weighted by molar-refractivity contribution is 5.91. The van der Waals surface area contributed by atoms with Gasteiger partial charge < -0.3 is 9.15 Å². The van der Waals surface area contributed by atoms with E-state index in [0.29, 0.717) is 22.7 Å². The molecule has 0 N–H and O–H groups in total. The van der Waals surface area contributed by atoms with E-state index >= 15 is 0 Å². The summed E-state index contributed by atoms with van der Waals surface area (Å²) in [4.78, 5) is 16.3. The third-order valence-electron chi connectivity index (χ3n) is 4.05. The molecule has 0 unspecified atom stereocenters. The van der Waals surface area contributed by atoms with Gasteiger partial charge in [0.2, 0.25) is 0 Å². The van der Waals surface area contributed by atoms with Crippen molar-refractivity contribution in [1.29, 1.82) is 0 Å². The van der Waals surface area contributed by atoms with Crippen LogP contribution in [-0.2, 0) is 0 Å². The molecule has 0 radical (unpaired) electrons. The van der Waals surface area contributed by atoms with E-state index in [4.69, 9.17) is 9.15 Å². The quantitative estimate of drug-likeness (QED) is 0.694. The number of methoxy groups -OCH3 is 1. The number of rotatable bonds is 3. The van der Waals surface area contributed by atoms with Crippen molar-refractivity contribution in [2.75, 3.05) is 7.11 Å². The van der Waals surface area contributed by atoms with Crippen LogP contribution in [0.3, 0.4) is 0 Å². The highest BCUT2D eigenvalue weighted by atomic mass is 16.5. The highest BCUT2D eigenvalue weighted by Gasteiger charge is 2.17. The van der Waals surface area contributed by atoms with Gasteiger partial charge in [0.15, 0.2) is 5.82 Å². The van der Waals surface area contributed by atoms with Crippen molar-refractivity contribution in [3.05, 3.63) is 40.0 Å². The first-order valence-electron chi connectivity index (χ1n) is 7.46. The van der Waals surface area contributed by atoms with E-state index in [9.17, 15) is 4.79 Å². The van der Waals surface area contributed by atoms with Crippen LogP contribution in [0.15, 0.2) is 27.7 Å². The second-order valence-electron chi connectivity index (χ2n) is 5.81. The maximum absolute atomic E-state index is 12.0. The number of hydrogen-bond acceptors (Lipinski definition) is 5. The van der Waals surface area contributed by atoms with E-state index in [-0.39, 0.29) is 11.7 Å². The minimum Gasteiger partial charge on any atom is -0.496 e. The van der Waals surface area contributed by atoms with Crippen LogP contribution >= 0.6 is 0 Å². The molecule has 0 saturated carbocycles. The molecule has 120 valence electrons. The van der Waals surface area contributed by atoms with Gasteiger partial charge >= 0.3 is 5.63 Å². The third-order valence-corrected chi connectivity index (χ3v) is 4.05. The molecule has 1 aromatic carbocycles. The van der Waals surface area contributed by atoms with Crippen molar-refractivity contribution in [3.63, 3.8) is 0 Å². The molecule has 2 aromatic heterocycles. The summed E-state index contributed by atoms with van der Waals surface area (Å²) in [5.41, 5.74) is 2.41. The number of ether oxygens (including phenoxy) is 1. The Bertz CT molecular complexity index is 938. The van der Waals surface area contributed by atoms with Gasteiger partial charge in [-0.25, -0.2) is 14.5 Å². The van der Waals surface area contributed by atoms with Gasteiger partial charge in [0.25, 0.3) is 0 Å². The molecule has 0 bridgehead atoms. The van der Waals surface area contributed by atoms with E-state index in [2.05, 4.69) is 10.1 Å². The Labute approximate surface area is 133 Å². The van der Waals surface area contributed by atoms with Crippen LogP contribution < -0.4 is 10.4 Å². The zero-order chi connectivity index (χ0) is 16.7. The standard InChI is InChI=1S/C17H19N3O3/c1-9(2)20-16(18-8-19-20)12-6-13(22-5)15-10(3)11(4)17(21)23-14(15)7-12/h6-9H,1-5H3. The van der Waals surface area contributed by atoms with Crippen LogP contribution in [0.5, 0.6) is 5.75 Å². The zero-order valence-electron chi connectivity index (χ0n) is 13.9. The second kappa shape index (κ2) is 5.53. The van der Waals surface area contributed by atoms with Crippen molar-refractivity contribution in [2.24, 2.45) is 0 Å². The summed E-state index contributed by atoms with van der Waals surface area (Å²) >= 11 is 0. The number of benzene rings is 1. The van der Waals surface area contributed by atoms with Crippen LogP contribution in [-0.4, -0.2) is 21.9 Å². The van der Waals surface area contributed by atoms with Gasteiger partial charge in [0, 0.05) is 17.2 Å². The van der Waals surface area contributed by atoms with Gasteiger partial charge in [0.1, 0.15) is 17.7 Å². The van der Waals surface area contributed by atoms with Gasteiger partial charge in [0.05, 0.1) is 12.5 Å². The Morgan fingerprint density at radius 3 is 2.61 bits per heavy atom. The summed E-state index contributed by atoms with van der Waals surface area (Å²) in [5, 5.41) is 5.06. The molecule has 0 aliphatic heterocycles. The number of aromatic nitrogens is 3. The third kappa shape index (κ3) is 2.40. The van der Waals surface area contributed by atoms with E-state index in [1.165, 1.54) is 6.33 Å². The number of aryl methyl sites for hydroxylation is 1. The Balaban J connectivity index is 2.35. The zero-order valence-corrected chi connectivity index (χ0v) is 13.9.